The topological polar surface area (TPSA) is 66.8 Å². The van der Waals surface area contributed by atoms with Gasteiger partial charge in [-0.1, -0.05) is 52.3 Å². The molecule has 3 aromatic carbocycles. The maximum absolute atomic E-state index is 13.2. The number of aryl methyl sites for hydroxylation is 1. The van der Waals surface area contributed by atoms with Crippen molar-refractivity contribution in [2.45, 2.75) is 18.9 Å². The Morgan fingerprint density at radius 3 is 2.59 bits per heavy atom. The molecule has 32 heavy (non-hydrogen) atoms. The molecule has 2 heterocycles. The molecule has 0 spiro atoms. The minimum atomic E-state index is -0.738. The monoisotopic (exact) mass is 489 g/mol. The first-order valence-electron chi connectivity index (χ1n) is 10.4. The van der Waals surface area contributed by atoms with Gasteiger partial charge >= 0.3 is 0 Å². The smallest absolute Gasteiger partial charge is 0.300 e. The number of nitrogens with zero attached hydrogens (tertiary/aromatic N) is 1. The summed E-state index contributed by atoms with van der Waals surface area (Å²) in [6, 6.07) is 21.2. The number of fused-ring (bicyclic) bond motifs is 1. The van der Waals surface area contributed by atoms with Crippen LogP contribution < -0.4 is 9.64 Å². The van der Waals surface area contributed by atoms with E-state index in [1.54, 1.807) is 18.2 Å². The summed E-state index contributed by atoms with van der Waals surface area (Å²) in [6.45, 7) is 0.671. The number of aliphatic hydroxyl groups excluding tert-OH is 1. The highest BCUT2D eigenvalue weighted by Gasteiger charge is 2.47. The molecule has 0 radical (unpaired) electrons. The van der Waals surface area contributed by atoms with E-state index < -0.39 is 17.7 Å². The summed E-state index contributed by atoms with van der Waals surface area (Å²) in [5.41, 5.74) is 2.89. The fraction of sp³-hybridized carbons (Fsp3) is 0.154. The van der Waals surface area contributed by atoms with E-state index in [-0.39, 0.29) is 11.3 Å². The Hall–Kier alpha value is -3.38. The number of ketones is 1. The predicted octanol–water partition coefficient (Wildman–Crippen LogP) is 5.40. The van der Waals surface area contributed by atoms with Crippen molar-refractivity contribution in [2.24, 2.45) is 0 Å². The normalized spacial score (nSPS) is 19.5. The molecule has 2 aliphatic rings. The molecule has 5 rings (SSSR count). The molecule has 1 saturated heterocycles. The molecular weight excluding hydrogens is 470 g/mol. The highest BCUT2D eigenvalue weighted by atomic mass is 79.9. The lowest BCUT2D eigenvalue weighted by atomic mass is 9.94. The van der Waals surface area contributed by atoms with E-state index >= 15 is 0 Å². The van der Waals surface area contributed by atoms with E-state index in [0.717, 1.165) is 34.2 Å². The van der Waals surface area contributed by atoms with Gasteiger partial charge in [0.2, 0.25) is 0 Å². The molecule has 5 nitrogen and oxygen atoms in total. The van der Waals surface area contributed by atoms with Gasteiger partial charge in [-0.2, -0.15) is 0 Å². The zero-order valence-corrected chi connectivity index (χ0v) is 18.7. The first-order valence-corrected chi connectivity index (χ1v) is 11.2. The number of benzene rings is 3. The van der Waals surface area contributed by atoms with Crippen molar-refractivity contribution < 1.29 is 19.4 Å². The molecule has 2 aliphatic heterocycles. The summed E-state index contributed by atoms with van der Waals surface area (Å²) >= 11 is 3.44. The molecule has 1 atom stereocenters. The fourth-order valence-corrected chi connectivity index (χ4v) is 4.73. The zero-order chi connectivity index (χ0) is 22.2. The summed E-state index contributed by atoms with van der Waals surface area (Å²) < 4.78 is 6.46. The quantitative estimate of drug-likeness (QED) is 0.303. The van der Waals surface area contributed by atoms with Crippen LogP contribution in [0.4, 0.5) is 5.69 Å². The van der Waals surface area contributed by atoms with Crippen LogP contribution in [0.5, 0.6) is 5.75 Å². The minimum absolute atomic E-state index is 0.0813. The van der Waals surface area contributed by atoms with E-state index in [1.807, 2.05) is 54.6 Å². The van der Waals surface area contributed by atoms with Gasteiger partial charge in [-0.25, -0.2) is 0 Å². The van der Waals surface area contributed by atoms with E-state index in [2.05, 4.69) is 15.9 Å². The van der Waals surface area contributed by atoms with Gasteiger partial charge in [0.05, 0.1) is 18.2 Å². The Kier molecular flexibility index (Phi) is 5.31. The Morgan fingerprint density at radius 2 is 1.81 bits per heavy atom. The minimum Gasteiger partial charge on any atom is -0.507 e. The van der Waals surface area contributed by atoms with Crippen molar-refractivity contribution in [3.05, 3.63) is 99.5 Å². The lowest BCUT2D eigenvalue weighted by Gasteiger charge is -2.25. The molecule has 3 aromatic rings. The van der Waals surface area contributed by atoms with Gasteiger partial charge in [0.25, 0.3) is 11.7 Å². The van der Waals surface area contributed by atoms with E-state index in [4.69, 9.17) is 4.74 Å². The number of aliphatic hydroxyl groups is 1. The zero-order valence-electron chi connectivity index (χ0n) is 17.1. The third-order valence-electron chi connectivity index (χ3n) is 5.83. The number of ether oxygens (including phenoxy) is 1. The molecule has 160 valence electrons. The van der Waals surface area contributed by atoms with Crippen LogP contribution in [0.3, 0.4) is 0 Å². The van der Waals surface area contributed by atoms with Crippen molar-refractivity contribution >= 4 is 39.1 Å². The van der Waals surface area contributed by atoms with E-state index in [9.17, 15) is 14.7 Å². The van der Waals surface area contributed by atoms with Gasteiger partial charge < -0.3 is 9.84 Å². The summed E-state index contributed by atoms with van der Waals surface area (Å²) in [7, 11) is 0. The van der Waals surface area contributed by atoms with Crippen LogP contribution in [0.1, 0.15) is 29.2 Å². The van der Waals surface area contributed by atoms with Crippen molar-refractivity contribution in [2.75, 3.05) is 11.5 Å². The number of rotatable bonds is 3. The van der Waals surface area contributed by atoms with Gasteiger partial charge in [-0.3, -0.25) is 14.5 Å². The van der Waals surface area contributed by atoms with Crippen LogP contribution in [0.15, 0.2) is 82.8 Å². The molecule has 1 fully saturated rings. The van der Waals surface area contributed by atoms with Crippen LogP contribution in [0.25, 0.3) is 5.76 Å². The molecule has 1 amide bonds. The summed E-state index contributed by atoms with van der Waals surface area (Å²) in [5.74, 6) is -0.754. The highest BCUT2D eigenvalue weighted by Crippen LogP contribution is 2.43. The lowest BCUT2D eigenvalue weighted by molar-refractivity contribution is -0.132. The standard InChI is InChI=1S/C26H20BrNO4/c27-19-9-4-10-20(15-19)28-23(16-6-2-1-3-7-16)22(25(30)26(28)31)24(29)18-11-12-21-17(14-18)8-5-13-32-21/h1-4,6-7,9-12,14-15,23,29H,5,8,13H2/b24-22-. The average Bonchev–Trinajstić information content (AvgIpc) is 3.09. The maximum atomic E-state index is 13.2. The van der Waals surface area contributed by atoms with Gasteiger partial charge in [0, 0.05) is 15.7 Å². The third-order valence-corrected chi connectivity index (χ3v) is 6.32. The van der Waals surface area contributed by atoms with Gasteiger partial charge in [-0.05, 0) is 60.4 Å². The largest absolute Gasteiger partial charge is 0.507 e. The molecule has 0 bridgehead atoms. The second kappa shape index (κ2) is 8.28. The van der Waals surface area contributed by atoms with Crippen molar-refractivity contribution in [3.8, 4) is 5.75 Å². The van der Waals surface area contributed by atoms with Crippen LogP contribution in [0, 0.1) is 0 Å². The maximum Gasteiger partial charge on any atom is 0.300 e. The number of hydrogen-bond donors (Lipinski definition) is 1. The van der Waals surface area contributed by atoms with Crippen LogP contribution >= 0.6 is 15.9 Å². The van der Waals surface area contributed by atoms with Crippen LogP contribution in [-0.2, 0) is 16.0 Å². The van der Waals surface area contributed by atoms with Gasteiger partial charge in [0.1, 0.15) is 11.5 Å². The number of carbonyl (C=O) groups is 2. The SMILES string of the molecule is O=C1C(=O)N(c2cccc(Br)c2)C(c2ccccc2)/C1=C(/O)c1ccc2c(c1)CCCO2. The Labute approximate surface area is 194 Å². The Bertz CT molecular complexity index is 1250. The number of carbonyl (C=O) groups excluding carboxylic acids is 2. The van der Waals surface area contributed by atoms with Crippen molar-refractivity contribution in [1.82, 2.24) is 0 Å². The predicted molar refractivity (Wildman–Crippen MR) is 126 cm³/mol. The number of hydrogen-bond acceptors (Lipinski definition) is 4. The van der Waals surface area contributed by atoms with Crippen LogP contribution in [-0.4, -0.2) is 23.4 Å². The molecule has 1 unspecified atom stereocenters. The van der Waals surface area contributed by atoms with Gasteiger partial charge in [0.15, 0.2) is 0 Å². The third kappa shape index (κ3) is 3.50. The number of Topliss-reactive ketones (excluding diaryl/α,β-unsaturated/α-hetero) is 1. The molecule has 0 saturated carbocycles. The molecular formula is C26H20BrNO4. The second-order valence-electron chi connectivity index (χ2n) is 7.83. The Morgan fingerprint density at radius 1 is 1.00 bits per heavy atom. The highest BCUT2D eigenvalue weighted by molar-refractivity contribution is 9.10. The fourth-order valence-electron chi connectivity index (χ4n) is 4.34. The summed E-state index contributed by atoms with van der Waals surface area (Å²) in [4.78, 5) is 27.8. The average molecular weight is 490 g/mol. The van der Waals surface area contributed by atoms with Crippen LogP contribution in [0.2, 0.25) is 0 Å². The first kappa shape index (κ1) is 20.5. The molecule has 6 heteroatoms. The molecule has 0 aliphatic carbocycles. The second-order valence-corrected chi connectivity index (χ2v) is 8.75. The van der Waals surface area contributed by atoms with Crippen molar-refractivity contribution in [1.29, 1.82) is 0 Å². The van der Waals surface area contributed by atoms with Crippen molar-refractivity contribution in [3.63, 3.8) is 0 Å². The molecule has 0 aromatic heterocycles. The number of amides is 1. The summed E-state index contributed by atoms with van der Waals surface area (Å²) in [5, 5.41) is 11.3. The Balaban J connectivity index is 1.69. The van der Waals surface area contributed by atoms with E-state index in [1.165, 1.54) is 4.90 Å². The lowest BCUT2D eigenvalue weighted by Crippen LogP contribution is -2.29. The van der Waals surface area contributed by atoms with Gasteiger partial charge in [-0.15, -0.1) is 0 Å². The summed E-state index contributed by atoms with van der Waals surface area (Å²) in [6.07, 6.45) is 1.74. The number of halogens is 1. The molecule has 1 N–H and O–H groups in total. The number of anilines is 1. The van der Waals surface area contributed by atoms with E-state index in [0.29, 0.717) is 17.9 Å². The first-order chi connectivity index (χ1) is 15.5.